The molecule has 1 N–H and O–H groups in total. The van der Waals surface area contributed by atoms with E-state index in [4.69, 9.17) is 27.9 Å². The van der Waals surface area contributed by atoms with Crippen molar-refractivity contribution < 1.29 is 14.6 Å². The molecule has 0 saturated carbocycles. The van der Waals surface area contributed by atoms with Crippen molar-refractivity contribution in [3.8, 4) is 11.5 Å². The Labute approximate surface area is 125 Å². The number of phenols is 1. The van der Waals surface area contributed by atoms with Crippen LogP contribution in [0.4, 0.5) is 11.4 Å². The average molecular weight is 310 g/mol. The lowest BCUT2D eigenvalue weighted by molar-refractivity contribution is -0.120. The molecule has 0 fully saturated rings. The van der Waals surface area contributed by atoms with Crippen LogP contribution in [-0.4, -0.2) is 17.6 Å². The molecule has 0 saturated heterocycles. The van der Waals surface area contributed by atoms with E-state index in [0.717, 1.165) is 0 Å². The largest absolute Gasteiger partial charge is 0.506 e. The Balaban J connectivity index is 2.20. The molecule has 2 aromatic rings. The van der Waals surface area contributed by atoms with E-state index in [2.05, 4.69) is 0 Å². The Morgan fingerprint density at radius 1 is 1.05 bits per heavy atom. The van der Waals surface area contributed by atoms with Gasteiger partial charge in [-0.2, -0.15) is 0 Å². The summed E-state index contributed by atoms with van der Waals surface area (Å²) in [6.45, 7) is -0.111. The first-order chi connectivity index (χ1) is 9.56. The molecular weight excluding hydrogens is 301 g/mol. The molecule has 20 heavy (non-hydrogen) atoms. The number of hydrogen-bond acceptors (Lipinski definition) is 3. The molecule has 1 aliphatic rings. The minimum atomic E-state index is -0.308. The second-order valence-electron chi connectivity index (χ2n) is 4.26. The van der Waals surface area contributed by atoms with Crippen LogP contribution in [0.25, 0.3) is 0 Å². The summed E-state index contributed by atoms with van der Waals surface area (Å²) in [5.41, 5.74) is 0.778. The number of carbonyl (C=O) groups is 1. The van der Waals surface area contributed by atoms with E-state index < -0.39 is 0 Å². The fourth-order valence-electron chi connectivity index (χ4n) is 2.07. The maximum Gasteiger partial charge on any atom is 0.269 e. The molecule has 102 valence electrons. The summed E-state index contributed by atoms with van der Waals surface area (Å²) in [7, 11) is 0. The normalized spacial score (nSPS) is 13.9. The van der Waals surface area contributed by atoms with Gasteiger partial charge >= 0.3 is 0 Å². The van der Waals surface area contributed by atoms with E-state index in [0.29, 0.717) is 27.2 Å². The van der Waals surface area contributed by atoms with Crippen molar-refractivity contribution in [2.45, 2.75) is 0 Å². The summed E-state index contributed by atoms with van der Waals surface area (Å²) < 4.78 is 5.35. The third kappa shape index (κ3) is 2.17. The number of aromatic hydroxyl groups is 1. The molecule has 0 atom stereocenters. The van der Waals surface area contributed by atoms with E-state index in [-0.39, 0.29) is 18.3 Å². The van der Waals surface area contributed by atoms with Gasteiger partial charge in [0.15, 0.2) is 6.61 Å². The minimum absolute atomic E-state index is 0.0458. The molecule has 6 heteroatoms. The number of ether oxygens (including phenoxy) is 1. The predicted octanol–water partition coefficient (Wildman–Crippen LogP) is 3.76. The molecule has 0 radical (unpaired) electrons. The van der Waals surface area contributed by atoms with Gasteiger partial charge in [0, 0.05) is 10.0 Å². The van der Waals surface area contributed by atoms with Crippen LogP contribution in [0.5, 0.6) is 11.5 Å². The van der Waals surface area contributed by atoms with Gasteiger partial charge in [0.05, 0.1) is 11.4 Å². The van der Waals surface area contributed by atoms with Crippen LogP contribution >= 0.6 is 23.2 Å². The molecule has 4 nitrogen and oxygen atoms in total. The standard InChI is InChI=1S/C14H9Cl2NO3/c15-8-1-3-12(18)10(5-8)17-11-6-9(16)2-4-13(11)20-7-14(17)19/h1-6,18H,7H2. The van der Waals surface area contributed by atoms with Crippen LogP contribution in [0.3, 0.4) is 0 Å². The number of rotatable bonds is 1. The summed E-state index contributed by atoms with van der Waals surface area (Å²) >= 11 is 11.9. The van der Waals surface area contributed by atoms with Crippen molar-refractivity contribution in [3.05, 3.63) is 46.4 Å². The summed E-state index contributed by atoms with van der Waals surface area (Å²) in [5.74, 6) is 0.168. The lowest BCUT2D eigenvalue weighted by atomic mass is 10.2. The van der Waals surface area contributed by atoms with E-state index in [1.54, 1.807) is 24.3 Å². The Morgan fingerprint density at radius 3 is 2.45 bits per heavy atom. The van der Waals surface area contributed by atoms with Crippen molar-refractivity contribution in [1.29, 1.82) is 0 Å². The summed E-state index contributed by atoms with van der Waals surface area (Å²) in [6, 6.07) is 9.46. The van der Waals surface area contributed by atoms with Crippen molar-refractivity contribution in [2.24, 2.45) is 0 Å². The molecule has 3 rings (SSSR count). The average Bonchev–Trinajstić information content (AvgIpc) is 2.42. The number of anilines is 2. The van der Waals surface area contributed by atoms with Gasteiger partial charge in [-0.1, -0.05) is 23.2 Å². The van der Waals surface area contributed by atoms with E-state index in [9.17, 15) is 9.90 Å². The van der Waals surface area contributed by atoms with Gasteiger partial charge < -0.3 is 9.84 Å². The van der Waals surface area contributed by atoms with Crippen LogP contribution in [0, 0.1) is 0 Å². The minimum Gasteiger partial charge on any atom is -0.506 e. The van der Waals surface area contributed by atoms with Crippen LogP contribution in [-0.2, 0) is 4.79 Å². The van der Waals surface area contributed by atoms with Crippen LogP contribution in [0.1, 0.15) is 0 Å². The number of nitrogens with zero attached hydrogens (tertiary/aromatic N) is 1. The molecule has 0 aromatic heterocycles. The Kier molecular flexibility index (Phi) is 3.20. The Bertz CT molecular complexity index is 703. The number of hydrogen-bond donors (Lipinski definition) is 1. The van der Waals surface area contributed by atoms with Crippen molar-refractivity contribution in [3.63, 3.8) is 0 Å². The molecule has 1 amide bonds. The number of phenolic OH excluding ortho intramolecular Hbond substituents is 1. The summed E-state index contributed by atoms with van der Waals surface area (Å²) in [5, 5.41) is 10.9. The van der Waals surface area contributed by atoms with Gasteiger partial charge in [0.25, 0.3) is 5.91 Å². The predicted molar refractivity (Wildman–Crippen MR) is 77.2 cm³/mol. The van der Waals surface area contributed by atoms with E-state index in [1.807, 2.05) is 0 Å². The highest BCUT2D eigenvalue weighted by atomic mass is 35.5. The maximum atomic E-state index is 12.1. The Hall–Kier alpha value is -1.91. The molecule has 1 heterocycles. The van der Waals surface area contributed by atoms with Crippen molar-refractivity contribution in [1.82, 2.24) is 0 Å². The van der Waals surface area contributed by atoms with Gasteiger partial charge in [-0.25, -0.2) is 0 Å². The lowest BCUT2D eigenvalue weighted by Crippen LogP contribution is -2.35. The molecule has 0 spiro atoms. The molecule has 2 aromatic carbocycles. The van der Waals surface area contributed by atoms with Crippen molar-refractivity contribution >= 4 is 40.5 Å². The first kappa shape index (κ1) is 13.1. The smallest absolute Gasteiger partial charge is 0.269 e. The zero-order chi connectivity index (χ0) is 14.3. The third-order valence-electron chi connectivity index (χ3n) is 2.94. The summed E-state index contributed by atoms with van der Waals surface area (Å²) in [4.78, 5) is 13.5. The lowest BCUT2D eigenvalue weighted by Gasteiger charge is -2.30. The summed E-state index contributed by atoms with van der Waals surface area (Å²) in [6.07, 6.45) is 0. The first-order valence-electron chi connectivity index (χ1n) is 5.80. The third-order valence-corrected chi connectivity index (χ3v) is 3.41. The highest BCUT2D eigenvalue weighted by Gasteiger charge is 2.29. The van der Waals surface area contributed by atoms with Crippen LogP contribution in [0.15, 0.2) is 36.4 Å². The van der Waals surface area contributed by atoms with E-state index in [1.165, 1.54) is 17.0 Å². The highest BCUT2D eigenvalue weighted by molar-refractivity contribution is 6.31. The molecule has 0 unspecified atom stereocenters. The Morgan fingerprint density at radius 2 is 1.70 bits per heavy atom. The number of amides is 1. The SMILES string of the molecule is O=C1COc2ccc(Cl)cc2N1c1cc(Cl)ccc1O. The number of halogens is 2. The molecule has 0 bridgehead atoms. The molecular formula is C14H9Cl2NO3. The van der Waals surface area contributed by atoms with Crippen LogP contribution < -0.4 is 9.64 Å². The monoisotopic (exact) mass is 309 g/mol. The second-order valence-corrected chi connectivity index (χ2v) is 5.14. The molecule has 1 aliphatic heterocycles. The maximum absolute atomic E-state index is 12.1. The first-order valence-corrected chi connectivity index (χ1v) is 6.55. The molecule has 0 aliphatic carbocycles. The fourth-order valence-corrected chi connectivity index (χ4v) is 2.40. The highest BCUT2D eigenvalue weighted by Crippen LogP contribution is 2.42. The number of carbonyl (C=O) groups excluding carboxylic acids is 1. The zero-order valence-electron chi connectivity index (χ0n) is 10.1. The van der Waals surface area contributed by atoms with Gasteiger partial charge in [-0.05, 0) is 36.4 Å². The topological polar surface area (TPSA) is 49.8 Å². The van der Waals surface area contributed by atoms with Gasteiger partial charge in [-0.15, -0.1) is 0 Å². The number of fused-ring (bicyclic) bond motifs is 1. The zero-order valence-corrected chi connectivity index (χ0v) is 11.6. The van der Waals surface area contributed by atoms with Gasteiger partial charge in [0.1, 0.15) is 11.5 Å². The second kappa shape index (κ2) is 4.89. The van der Waals surface area contributed by atoms with Gasteiger partial charge in [0.2, 0.25) is 0 Å². The fraction of sp³-hybridized carbons (Fsp3) is 0.0714. The number of benzene rings is 2. The van der Waals surface area contributed by atoms with E-state index >= 15 is 0 Å². The van der Waals surface area contributed by atoms with Gasteiger partial charge in [-0.3, -0.25) is 9.69 Å². The quantitative estimate of drug-likeness (QED) is 0.872. The van der Waals surface area contributed by atoms with Crippen LogP contribution in [0.2, 0.25) is 10.0 Å². The van der Waals surface area contributed by atoms with Crippen molar-refractivity contribution in [2.75, 3.05) is 11.5 Å².